The number of quaternary nitrogens is 1. The van der Waals surface area contributed by atoms with Gasteiger partial charge < -0.3 is 10.2 Å². The minimum atomic E-state index is -4.31. The molecule has 1 aliphatic heterocycles. The van der Waals surface area contributed by atoms with Crippen molar-refractivity contribution >= 4 is 28.9 Å². The van der Waals surface area contributed by atoms with E-state index in [2.05, 4.69) is 5.16 Å². The van der Waals surface area contributed by atoms with E-state index in [-0.39, 0.29) is 6.10 Å². The van der Waals surface area contributed by atoms with Crippen molar-refractivity contribution in [3.8, 4) is 0 Å². The summed E-state index contributed by atoms with van der Waals surface area (Å²) < 4.78 is 37.6. The van der Waals surface area contributed by atoms with Gasteiger partial charge in [-0.25, -0.2) is 0 Å². The van der Waals surface area contributed by atoms with Crippen molar-refractivity contribution in [1.82, 2.24) is 0 Å². The number of nitrogens with two attached hydrogens (primary N) is 1. The van der Waals surface area contributed by atoms with Gasteiger partial charge in [-0.05, 0) is 24.3 Å². The van der Waals surface area contributed by atoms with E-state index in [0.29, 0.717) is 29.6 Å². The van der Waals surface area contributed by atoms with Gasteiger partial charge in [0, 0.05) is 17.5 Å². The maximum atomic E-state index is 12.5. The van der Waals surface area contributed by atoms with Crippen LogP contribution in [0.3, 0.4) is 0 Å². The van der Waals surface area contributed by atoms with Gasteiger partial charge in [0.1, 0.15) is 13.1 Å². The van der Waals surface area contributed by atoms with Crippen molar-refractivity contribution in [3.63, 3.8) is 0 Å². The largest absolute Gasteiger partial charge is 0.416 e. The molecule has 2 N–H and O–H groups in total. The monoisotopic (exact) mass is 403 g/mol. The fraction of sp³-hybridized carbons (Fsp3) is 0.278. The molecule has 0 spiro atoms. The van der Waals surface area contributed by atoms with Crippen LogP contribution in [0.5, 0.6) is 0 Å². The second-order valence-electron chi connectivity index (χ2n) is 6.02. The first-order valence-electron chi connectivity index (χ1n) is 7.99. The molecule has 0 bridgehead atoms. The van der Waals surface area contributed by atoms with Gasteiger partial charge in [0.05, 0.1) is 21.3 Å². The van der Waals surface area contributed by atoms with Crippen LogP contribution in [0.4, 0.5) is 13.2 Å². The smallest absolute Gasteiger partial charge is 0.386 e. The summed E-state index contributed by atoms with van der Waals surface area (Å²) in [5, 5.41) is 7.02. The Morgan fingerprint density at radius 1 is 1.08 bits per heavy atom. The molecule has 0 saturated carbocycles. The summed E-state index contributed by atoms with van der Waals surface area (Å²) in [5.74, 6) is 0. The van der Waals surface area contributed by atoms with Crippen LogP contribution in [0.25, 0.3) is 0 Å². The molecule has 8 heteroatoms. The number of alkyl halides is 3. The molecular weight excluding hydrogens is 388 g/mol. The zero-order valence-electron chi connectivity index (χ0n) is 13.6. The van der Waals surface area contributed by atoms with E-state index in [1.54, 1.807) is 12.1 Å². The molecule has 3 rings (SSSR count). The zero-order chi connectivity index (χ0) is 18.7. The lowest BCUT2D eigenvalue weighted by Crippen LogP contribution is -2.84. The molecule has 2 aromatic rings. The number of halogens is 5. The van der Waals surface area contributed by atoms with Crippen molar-refractivity contribution < 1.29 is 23.3 Å². The predicted molar refractivity (Wildman–Crippen MR) is 94.4 cm³/mol. The highest BCUT2D eigenvalue weighted by molar-refractivity contribution is 6.42. The molecule has 0 saturated heterocycles. The van der Waals surface area contributed by atoms with Gasteiger partial charge in [-0.2, -0.15) is 13.2 Å². The van der Waals surface area contributed by atoms with Gasteiger partial charge in [0.15, 0.2) is 6.10 Å². The fourth-order valence-corrected chi connectivity index (χ4v) is 2.96. The van der Waals surface area contributed by atoms with Crippen molar-refractivity contribution in [2.45, 2.75) is 25.2 Å². The Morgan fingerprint density at radius 3 is 2.46 bits per heavy atom. The lowest BCUT2D eigenvalue weighted by molar-refractivity contribution is -0.676. The summed E-state index contributed by atoms with van der Waals surface area (Å²) in [4.78, 5) is 5.42. The topological polar surface area (TPSA) is 38.2 Å². The van der Waals surface area contributed by atoms with Crippen molar-refractivity contribution in [2.75, 3.05) is 6.54 Å². The average Bonchev–Trinajstić information content (AvgIpc) is 3.06. The van der Waals surface area contributed by atoms with Crippen LogP contribution in [0.2, 0.25) is 10.0 Å². The van der Waals surface area contributed by atoms with E-state index in [4.69, 9.17) is 28.0 Å². The third-order valence-corrected chi connectivity index (χ3v) is 4.82. The molecule has 138 valence electrons. The molecule has 26 heavy (non-hydrogen) atoms. The van der Waals surface area contributed by atoms with Crippen LogP contribution in [0.15, 0.2) is 47.6 Å². The number of oxime groups is 1. The highest BCUT2D eigenvalue weighted by Crippen LogP contribution is 2.29. The number of hydrogen-bond acceptors (Lipinski definition) is 2. The summed E-state index contributed by atoms with van der Waals surface area (Å²) in [5.41, 5.74) is 1.85. The van der Waals surface area contributed by atoms with Gasteiger partial charge in [0.25, 0.3) is 0 Å². The Hall–Kier alpha value is -1.76. The van der Waals surface area contributed by atoms with Crippen LogP contribution in [-0.4, -0.2) is 18.4 Å². The molecular formula is C18H16Cl2F3N2O+. The number of hydrogen-bond donors (Lipinski definition) is 1. The zero-order valence-corrected chi connectivity index (χ0v) is 15.1. The van der Waals surface area contributed by atoms with Gasteiger partial charge in [-0.1, -0.05) is 46.6 Å². The van der Waals surface area contributed by atoms with Crippen LogP contribution >= 0.6 is 23.2 Å². The SMILES string of the molecule is FC(F)(F)c1ccc(C[NH2+]C[C@H]2CC(c3ccc(Cl)c(Cl)c3)=NO2)cc1. The van der Waals surface area contributed by atoms with Crippen LogP contribution < -0.4 is 5.32 Å². The molecule has 1 atom stereocenters. The van der Waals surface area contributed by atoms with Gasteiger partial charge in [0.2, 0.25) is 0 Å². The predicted octanol–water partition coefficient (Wildman–Crippen LogP) is 4.27. The lowest BCUT2D eigenvalue weighted by atomic mass is 10.0. The molecule has 0 amide bonds. The summed E-state index contributed by atoms with van der Waals surface area (Å²) >= 11 is 11.9. The molecule has 2 aromatic carbocycles. The van der Waals surface area contributed by atoms with Gasteiger partial charge in [-0.3, -0.25) is 0 Å². The summed E-state index contributed by atoms with van der Waals surface area (Å²) in [7, 11) is 0. The first kappa shape index (κ1) is 19.0. The van der Waals surface area contributed by atoms with Crippen molar-refractivity contribution in [1.29, 1.82) is 0 Å². The van der Waals surface area contributed by atoms with E-state index >= 15 is 0 Å². The molecule has 1 heterocycles. The van der Waals surface area contributed by atoms with Crippen molar-refractivity contribution in [2.24, 2.45) is 5.16 Å². The highest BCUT2D eigenvalue weighted by Gasteiger charge is 2.30. The Bertz CT molecular complexity index is 807. The normalized spacial score (nSPS) is 17.1. The van der Waals surface area contributed by atoms with E-state index in [0.717, 1.165) is 29.0 Å². The highest BCUT2D eigenvalue weighted by atomic mass is 35.5. The molecule has 0 unspecified atom stereocenters. The number of rotatable bonds is 5. The van der Waals surface area contributed by atoms with Crippen LogP contribution in [-0.2, 0) is 17.6 Å². The molecule has 0 aliphatic carbocycles. The minimum absolute atomic E-state index is 0.0890. The standard InChI is InChI=1S/C18H15Cl2F3N2O/c19-15-6-3-12(7-16(15)20)17-8-14(26-25-17)10-24-9-11-1-4-13(5-2-11)18(21,22)23/h1-7,14,24H,8-10H2/p+1/t14-/m1/s1. The molecule has 0 aromatic heterocycles. The molecule has 0 fully saturated rings. The fourth-order valence-electron chi connectivity index (χ4n) is 2.67. The molecule has 3 nitrogen and oxygen atoms in total. The van der Waals surface area contributed by atoms with E-state index < -0.39 is 11.7 Å². The Labute approximate surface area is 158 Å². The summed E-state index contributed by atoms with van der Waals surface area (Å²) in [6.45, 7) is 1.22. The first-order valence-corrected chi connectivity index (χ1v) is 8.74. The Kier molecular flexibility index (Phi) is 5.75. The molecule has 1 aliphatic rings. The van der Waals surface area contributed by atoms with Crippen LogP contribution in [0.1, 0.15) is 23.1 Å². The maximum Gasteiger partial charge on any atom is 0.416 e. The van der Waals surface area contributed by atoms with Crippen molar-refractivity contribution in [3.05, 3.63) is 69.2 Å². The van der Waals surface area contributed by atoms with Gasteiger partial charge >= 0.3 is 6.18 Å². The summed E-state index contributed by atoms with van der Waals surface area (Å²) in [6, 6.07) is 10.5. The maximum absolute atomic E-state index is 12.5. The molecule has 0 radical (unpaired) electrons. The third kappa shape index (κ3) is 4.69. The second kappa shape index (κ2) is 7.86. The number of benzene rings is 2. The Balaban J connectivity index is 1.47. The van der Waals surface area contributed by atoms with E-state index in [1.165, 1.54) is 12.1 Å². The van der Waals surface area contributed by atoms with Crippen LogP contribution in [0, 0.1) is 0 Å². The van der Waals surface area contributed by atoms with E-state index in [1.807, 2.05) is 11.4 Å². The lowest BCUT2D eigenvalue weighted by Gasteiger charge is -2.09. The van der Waals surface area contributed by atoms with E-state index in [9.17, 15) is 13.2 Å². The average molecular weight is 404 g/mol. The second-order valence-corrected chi connectivity index (χ2v) is 6.84. The third-order valence-electron chi connectivity index (χ3n) is 4.08. The van der Waals surface area contributed by atoms with Gasteiger partial charge in [-0.15, -0.1) is 0 Å². The minimum Gasteiger partial charge on any atom is -0.386 e. The quantitative estimate of drug-likeness (QED) is 0.795. The Morgan fingerprint density at radius 2 is 1.81 bits per heavy atom. The number of nitrogens with zero attached hydrogens (tertiary/aromatic N) is 1. The summed E-state index contributed by atoms with van der Waals surface area (Å²) in [6.07, 6.45) is -3.76. The first-order chi connectivity index (χ1) is 12.3.